The van der Waals surface area contributed by atoms with Crippen LogP contribution in [0, 0.1) is 0 Å². The summed E-state index contributed by atoms with van der Waals surface area (Å²) in [6, 6.07) is 1.63. The number of hydrogen-bond donors (Lipinski definition) is 2. The number of nitrogens with zero attached hydrogens (tertiary/aromatic N) is 4. The summed E-state index contributed by atoms with van der Waals surface area (Å²) in [5.74, 6) is 1.02. The molecule has 0 aliphatic heterocycles. The third-order valence-electron chi connectivity index (χ3n) is 2.60. The van der Waals surface area contributed by atoms with Crippen LogP contribution >= 0.6 is 11.8 Å². The van der Waals surface area contributed by atoms with Gasteiger partial charge in [-0.3, -0.25) is 9.89 Å². The number of carbonyl (C=O) groups is 1. The highest BCUT2D eigenvalue weighted by molar-refractivity contribution is 7.99. The highest BCUT2D eigenvalue weighted by Gasteiger charge is 2.12. The van der Waals surface area contributed by atoms with Crippen molar-refractivity contribution < 1.29 is 4.79 Å². The molecule has 2 aromatic heterocycles. The standard InChI is InChI=1S/C12H16N6OS/c1-3-10-16-12(18-17-10)20-6-11(19)15-8(2)9-4-5-13-7-14-9/h4-5,7-8H,3,6H2,1-2H3,(H,15,19)(H,16,17,18). The van der Waals surface area contributed by atoms with Crippen LogP contribution in [-0.2, 0) is 11.2 Å². The molecule has 0 radical (unpaired) electrons. The quantitative estimate of drug-likeness (QED) is 0.775. The number of H-pyrrole nitrogens is 1. The SMILES string of the molecule is CCc1nc(SCC(=O)NC(C)c2ccncn2)n[nH]1. The first-order chi connectivity index (χ1) is 9.69. The van der Waals surface area contributed by atoms with Gasteiger partial charge in [0.15, 0.2) is 0 Å². The molecule has 1 amide bonds. The molecule has 20 heavy (non-hydrogen) atoms. The number of hydrogen-bond acceptors (Lipinski definition) is 6. The van der Waals surface area contributed by atoms with Crippen LogP contribution in [0.3, 0.4) is 0 Å². The molecular formula is C12H16N6OS. The Hall–Kier alpha value is -1.96. The number of nitrogens with one attached hydrogen (secondary N) is 2. The van der Waals surface area contributed by atoms with Crippen molar-refractivity contribution >= 4 is 17.7 Å². The van der Waals surface area contributed by atoms with Crippen molar-refractivity contribution in [3.05, 3.63) is 30.1 Å². The molecule has 1 atom stereocenters. The zero-order valence-electron chi connectivity index (χ0n) is 11.3. The molecule has 2 rings (SSSR count). The average molecular weight is 292 g/mol. The second-order valence-electron chi connectivity index (χ2n) is 4.13. The summed E-state index contributed by atoms with van der Waals surface area (Å²) in [4.78, 5) is 24.0. The lowest BCUT2D eigenvalue weighted by Crippen LogP contribution is -2.28. The Morgan fingerprint density at radius 1 is 1.55 bits per heavy atom. The summed E-state index contributed by atoms with van der Waals surface area (Å²) in [6.45, 7) is 3.87. The summed E-state index contributed by atoms with van der Waals surface area (Å²) >= 11 is 1.30. The number of amides is 1. The topological polar surface area (TPSA) is 96.5 Å². The van der Waals surface area contributed by atoms with Crippen LogP contribution in [0.25, 0.3) is 0 Å². The van der Waals surface area contributed by atoms with Crippen LogP contribution in [0.4, 0.5) is 0 Å². The Morgan fingerprint density at radius 3 is 3.05 bits per heavy atom. The Morgan fingerprint density at radius 2 is 2.40 bits per heavy atom. The van der Waals surface area contributed by atoms with Crippen molar-refractivity contribution in [1.29, 1.82) is 0 Å². The van der Waals surface area contributed by atoms with E-state index in [0.717, 1.165) is 17.9 Å². The number of rotatable bonds is 6. The molecule has 0 aliphatic carbocycles. The summed E-state index contributed by atoms with van der Waals surface area (Å²) < 4.78 is 0. The minimum Gasteiger partial charge on any atom is -0.347 e. The van der Waals surface area contributed by atoms with E-state index in [9.17, 15) is 4.79 Å². The van der Waals surface area contributed by atoms with Crippen LogP contribution in [-0.4, -0.2) is 36.8 Å². The molecule has 7 nitrogen and oxygen atoms in total. The molecule has 0 saturated carbocycles. The number of aromatic nitrogens is 5. The van der Waals surface area contributed by atoms with Crippen LogP contribution in [0.1, 0.15) is 31.4 Å². The first kappa shape index (κ1) is 14.4. The van der Waals surface area contributed by atoms with E-state index < -0.39 is 0 Å². The van der Waals surface area contributed by atoms with Gasteiger partial charge in [-0.1, -0.05) is 18.7 Å². The zero-order valence-corrected chi connectivity index (χ0v) is 12.1. The predicted molar refractivity (Wildman–Crippen MR) is 75.1 cm³/mol. The second-order valence-corrected chi connectivity index (χ2v) is 5.07. The molecule has 0 spiro atoms. The van der Waals surface area contributed by atoms with Crippen molar-refractivity contribution in [2.24, 2.45) is 0 Å². The maximum atomic E-state index is 11.8. The maximum Gasteiger partial charge on any atom is 0.231 e. The molecule has 0 saturated heterocycles. The largest absolute Gasteiger partial charge is 0.347 e. The van der Waals surface area contributed by atoms with Crippen LogP contribution in [0.2, 0.25) is 0 Å². The van der Waals surface area contributed by atoms with E-state index in [-0.39, 0.29) is 17.7 Å². The van der Waals surface area contributed by atoms with E-state index in [1.54, 1.807) is 12.3 Å². The minimum absolute atomic E-state index is 0.0797. The number of thioether (sulfide) groups is 1. The van der Waals surface area contributed by atoms with Gasteiger partial charge < -0.3 is 5.32 Å². The molecule has 2 N–H and O–H groups in total. The number of carbonyl (C=O) groups excluding carboxylic acids is 1. The summed E-state index contributed by atoms with van der Waals surface area (Å²) in [7, 11) is 0. The van der Waals surface area contributed by atoms with Crippen molar-refractivity contribution in [2.75, 3.05) is 5.75 Å². The molecule has 2 aromatic rings. The lowest BCUT2D eigenvalue weighted by atomic mass is 10.2. The van der Waals surface area contributed by atoms with E-state index in [1.807, 2.05) is 13.8 Å². The van der Waals surface area contributed by atoms with Gasteiger partial charge >= 0.3 is 0 Å². The third-order valence-corrected chi connectivity index (χ3v) is 3.45. The van der Waals surface area contributed by atoms with Gasteiger partial charge in [0, 0.05) is 12.6 Å². The summed E-state index contributed by atoms with van der Waals surface area (Å²) in [5, 5.41) is 10.3. The van der Waals surface area contributed by atoms with Gasteiger partial charge in [0.05, 0.1) is 17.5 Å². The van der Waals surface area contributed by atoms with E-state index in [4.69, 9.17) is 0 Å². The molecule has 0 aliphatic rings. The fourth-order valence-electron chi connectivity index (χ4n) is 1.54. The minimum atomic E-state index is -0.149. The Labute approximate surface area is 121 Å². The zero-order chi connectivity index (χ0) is 14.4. The lowest BCUT2D eigenvalue weighted by molar-refractivity contribution is -0.119. The molecule has 106 valence electrons. The van der Waals surface area contributed by atoms with E-state index in [2.05, 4.69) is 30.5 Å². The molecule has 0 fully saturated rings. The Balaban J connectivity index is 1.80. The average Bonchev–Trinajstić information content (AvgIpc) is 2.94. The van der Waals surface area contributed by atoms with Crippen molar-refractivity contribution in [3.63, 3.8) is 0 Å². The van der Waals surface area contributed by atoms with Gasteiger partial charge in [0.1, 0.15) is 12.2 Å². The molecular weight excluding hydrogens is 276 g/mol. The van der Waals surface area contributed by atoms with Crippen molar-refractivity contribution in [1.82, 2.24) is 30.5 Å². The van der Waals surface area contributed by atoms with Crippen LogP contribution in [0.5, 0.6) is 0 Å². The predicted octanol–water partition coefficient (Wildman–Crippen LogP) is 1.13. The molecule has 0 aromatic carbocycles. The van der Waals surface area contributed by atoms with Crippen LogP contribution < -0.4 is 5.32 Å². The fraction of sp³-hybridized carbons (Fsp3) is 0.417. The highest BCUT2D eigenvalue weighted by Crippen LogP contribution is 2.13. The van der Waals surface area contributed by atoms with Gasteiger partial charge in [-0.05, 0) is 13.0 Å². The smallest absolute Gasteiger partial charge is 0.231 e. The van der Waals surface area contributed by atoms with E-state index in [1.165, 1.54) is 18.1 Å². The highest BCUT2D eigenvalue weighted by atomic mass is 32.2. The summed E-state index contributed by atoms with van der Waals surface area (Å²) in [5.41, 5.74) is 0.782. The molecule has 0 bridgehead atoms. The summed E-state index contributed by atoms with van der Waals surface area (Å²) in [6.07, 6.45) is 3.91. The monoisotopic (exact) mass is 292 g/mol. The third kappa shape index (κ3) is 4.02. The molecule has 8 heteroatoms. The van der Waals surface area contributed by atoms with Gasteiger partial charge in [-0.25, -0.2) is 15.0 Å². The van der Waals surface area contributed by atoms with Crippen molar-refractivity contribution in [3.8, 4) is 0 Å². The molecule has 2 heterocycles. The Bertz CT molecular complexity index is 558. The lowest BCUT2D eigenvalue weighted by Gasteiger charge is -2.12. The van der Waals surface area contributed by atoms with Gasteiger partial charge in [0.25, 0.3) is 0 Å². The van der Waals surface area contributed by atoms with E-state index in [0.29, 0.717) is 5.16 Å². The molecule has 1 unspecified atom stereocenters. The van der Waals surface area contributed by atoms with Gasteiger partial charge in [0.2, 0.25) is 11.1 Å². The fourth-order valence-corrected chi connectivity index (χ4v) is 2.17. The second kappa shape index (κ2) is 6.99. The first-order valence-electron chi connectivity index (χ1n) is 6.28. The number of aromatic amines is 1. The van der Waals surface area contributed by atoms with E-state index >= 15 is 0 Å². The maximum absolute atomic E-state index is 11.8. The number of aryl methyl sites for hydroxylation is 1. The normalized spacial score (nSPS) is 12.1. The first-order valence-corrected chi connectivity index (χ1v) is 7.27. The van der Waals surface area contributed by atoms with Crippen LogP contribution in [0.15, 0.2) is 23.7 Å². The Kier molecular flexibility index (Phi) is 5.05. The van der Waals surface area contributed by atoms with Gasteiger partial charge in [-0.15, -0.1) is 5.10 Å². The van der Waals surface area contributed by atoms with Gasteiger partial charge in [-0.2, -0.15) is 0 Å². The van der Waals surface area contributed by atoms with Crippen molar-refractivity contribution in [2.45, 2.75) is 31.5 Å².